The van der Waals surface area contributed by atoms with E-state index in [1.54, 1.807) is 0 Å². The van der Waals surface area contributed by atoms with E-state index in [0.29, 0.717) is 0 Å². The maximum absolute atomic E-state index is 4.06. The summed E-state index contributed by atoms with van der Waals surface area (Å²) in [5, 5.41) is 0. The van der Waals surface area contributed by atoms with Crippen LogP contribution in [0.3, 0.4) is 0 Å². The third kappa shape index (κ3) is 2.05. The lowest BCUT2D eigenvalue weighted by atomic mass is 10.2. The Morgan fingerprint density at radius 2 is 2.00 bits per heavy atom. The van der Waals surface area contributed by atoms with Crippen molar-refractivity contribution in [1.29, 1.82) is 0 Å². The molecule has 0 aromatic carbocycles. The van der Waals surface area contributed by atoms with E-state index in [-0.39, 0.29) is 0 Å². The Kier molecular flexibility index (Phi) is 3.44. The third-order valence-electron chi connectivity index (χ3n) is 2.66. The molecule has 0 aliphatic rings. The average Bonchev–Trinajstić information content (AvgIpc) is 2.56. The first-order valence-electron chi connectivity index (χ1n) is 5.50. The van der Waals surface area contributed by atoms with Crippen molar-refractivity contribution < 1.29 is 0 Å². The highest BCUT2D eigenvalue weighted by molar-refractivity contribution is 9.10. The summed E-state index contributed by atoms with van der Waals surface area (Å²) in [4.78, 5) is 4.06. The zero-order valence-corrected chi connectivity index (χ0v) is 11.2. The van der Waals surface area contributed by atoms with Gasteiger partial charge in [0.15, 0.2) is 0 Å². The highest BCUT2D eigenvalue weighted by Gasteiger charge is 2.11. The van der Waals surface area contributed by atoms with Crippen LogP contribution in [-0.2, 0) is 6.54 Å². The van der Waals surface area contributed by atoms with Gasteiger partial charge in [-0.05, 0) is 47.5 Å². The molecule has 0 fully saturated rings. The van der Waals surface area contributed by atoms with Crippen molar-refractivity contribution in [3.8, 4) is 11.3 Å². The van der Waals surface area contributed by atoms with Crippen molar-refractivity contribution in [2.45, 2.75) is 26.8 Å². The minimum atomic E-state index is 1.05. The first-order valence-corrected chi connectivity index (χ1v) is 6.29. The van der Waals surface area contributed by atoms with E-state index in [1.807, 2.05) is 24.5 Å². The van der Waals surface area contributed by atoms with Crippen LogP contribution < -0.4 is 0 Å². The Morgan fingerprint density at radius 1 is 1.31 bits per heavy atom. The fourth-order valence-corrected chi connectivity index (χ4v) is 2.72. The summed E-state index contributed by atoms with van der Waals surface area (Å²) in [7, 11) is 0. The van der Waals surface area contributed by atoms with Crippen LogP contribution in [0.25, 0.3) is 11.3 Å². The standard InChI is InChI=1S/C13H15BrN2/c1-3-8-16-10(2)9-12(14)13(16)11-4-6-15-7-5-11/h4-7,9H,3,8H2,1-2H3. The normalized spacial score (nSPS) is 10.7. The first-order chi connectivity index (χ1) is 7.74. The van der Waals surface area contributed by atoms with Crippen molar-refractivity contribution in [1.82, 2.24) is 9.55 Å². The van der Waals surface area contributed by atoms with Crippen LogP contribution in [0.4, 0.5) is 0 Å². The van der Waals surface area contributed by atoms with E-state index in [4.69, 9.17) is 0 Å². The Labute approximate surface area is 104 Å². The van der Waals surface area contributed by atoms with Gasteiger partial charge >= 0.3 is 0 Å². The molecule has 0 unspecified atom stereocenters. The Balaban J connectivity index is 2.55. The van der Waals surface area contributed by atoms with Crippen LogP contribution in [-0.4, -0.2) is 9.55 Å². The number of hydrogen-bond acceptors (Lipinski definition) is 1. The van der Waals surface area contributed by atoms with Crippen molar-refractivity contribution in [2.75, 3.05) is 0 Å². The maximum Gasteiger partial charge on any atom is 0.0627 e. The molecule has 84 valence electrons. The van der Waals surface area contributed by atoms with Crippen LogP contribution >= 0.6 is 15.9 Å². The van der Waals surface area contributed by atoms with Gasteiger partial charge in [-0.1, -0.05) is 6.92 Å². The van der Waals surface area contributed by atoms with Crippen molar-refractivity contribution in [3.63, 3.8) is 0 Å². The number of aromatic nitrogens is 2. The quantitative estimate of drug-likeness (QED) is 0.829. The van der Waals surface area contributed by atoms with Gasteiger partial charge in [0.1, 0.15) is 0 Å². The van der Waals surface area contributed by atoms with Gasteiger partial charge in [0, 0.05) is 34.7 Å². The maximum atomic E-state index is 4.06. The summed E-state index contributed by atoms with van der Waals surface area (Å²) in [5.74, 6) is 0. The highest BCUT2D eigenvalue weighted by atomic mass is 79.9. The van der Waals surface area contributed by atoms with Crippen molar-refractivity contribution >= 4 is 15.9 Å². The second kappa shape index (κ2) is 4.83. The fraction of sp³-hybridized carbons (Fsp3) is 0.308. The Bertz CT molecular complexity index is 474. The van der Waals surface area contributed by atoms with Gasteiger partial charge in [-0.15, -0.1) is 0 Å². The zero-order valence-electron chi connectivity index (χ0n) is 9.57. The number of halogens is 1. The van der Waals surface area contributed by atoms with Crippen molar-refractivity contribution in [3.05, 3.63) is 40.8 Å². The molecule has 2 heterocycles. The molecule has 16 heavy (non-hydrogen) atoms. The summed E-state index contributed by atoms with van der Waals surface area (Å²) >= 11 is 3.63. The van der Waals surface area contributed by atoms with Crippen LogP contribution in [0.5, 0.6) is 0 Å². The fourth-order valence-electron chi connectivity index (χ4n) is 1.95. The van der Waals surface area contributed by atoms with Gasteiger partial charge in [0.25, 0.3) is 0 Å². The minimum absolute atomic E-state index is 1.05. The van der Waals surface area contributed by atoms with Gasteiger partial charge in [-0.25, -0.2) is 0 Å². The summed E-state index contributed by atoms with van der Waals surface area (Å²) in [6.45, 7) is 5.39. The molecule has 0 spiro atoms. The van der Waals surface area contributed by atoms with E-state index in [0.717, 1.165) is 17.4 Å². The topological polar surface area (TPSA) is 17.8 Å². The highest BCUT2D eigenvalue weighted by Crippen LogP contribution is 2.31. The molecular weight excluding hydrogens is 264 g/mol. The molecule has 0 bridgehead atoms. The number of aryl methyl sites for hydroxylation is 1. The molecule has 0 atom stereocenters. The summed E-state index contributed by atoms with van der Waals surface area (Å²) in [5.41, 5.74) is 3.76. The predicted molar refractivity (Wildman–Crippen MR) is 70.4 cm³/mol. The molecule has 2 aromatic heterocycles. The SMILES string of the molecule is CCCn1c(C)cc(Br)c1-c1ccncc1. The summed E-state index contributed by atoms with van der Waals surface area (Å²) in [6, 6.07) is 6.27. The number of rotatable bonds is 3. The van der Waals surface area contributed by atoms with Crippen LogP contribution in [0, 0.1) is 6.92 Å². The number of nitrogens with zero attached hydrogens (tertiary/aromatic N) is 2. The molecule has 2 nitrogen and oxygen atoms in total. The second-order valence-corrected chi connectivity index (χ2v) is 4.72. The lowest BCUT2D eigenvalue weighted by molar-refractivity contribution is 0.671. The largest absolute Gasteiger partial charge is 0.344 e. The third-order valence-corrected chi connectivity index (χ3v) is 3.26. The van der Waals surface area contributed by atoms with Crippen LogP contribution in [0.15, 0.2) is 35.1 Å². The number of pyridine rings is 1. The molecule has 0 N–H and O–H groups in total. The molecule has 0 aliphatic carbocycles. The zero-order chi connectivity index (χ0) is 11.5. The van der Waals surface area contributed by atoms with Gasteiger partial charge in [-0.3, -0.25) is 4.98 Å². The molecule has 0 aliphatic heterocycles. The Hall–Kier alpha value is -1.09. The molecule has 0 radical (unpaired) electrons. The van der Waals surface area contributed by atoms with Gasteiger partial charge in [0.05, 0.1) is 5.69 Å². The smallest absolute Gasteiger partial charge is 0.0627 e. The van der Waals surface area contributed by atoms with E-state index < -0.39 is 0 Å². The molecule has 3 heteroatoms. The van der Waals surface area contributed by atoms with Crippen molar-refractivity contribution in [2.24, 2.45) is 0 Å². The van der Waals surface area contributed by atoms with E-state index in [9.17, 15) is 0 Å². The molecule has 2 aromatic rings. The molecule has 0 saturated carbocycles. The van der Waals surface area contributed by atoms with Gasteiger partial charge in [-0.2, -0.15) is 0 Å². The van der Waals surface area contributed by atoms with Gasteiger partial charge in [0.2, 0.25) is 0 Å². The Morgan fingerprint density at radius 3 is 2.62 bits per heavy atom. The summed E-state index contributed by atoms with van der Waals surface area (Å²) < 4.78 is 3.50. The van der Waals surface area contributed by atoms with Crippen LogP contribution in [0.2, 0.25) is 0 Å². The van der Waals surface area contributed by atoms with E-state index in [2.05, 4.69) is 45.4 Å². The van der Waals surface area contributed by atoms with E-state index >= 15 is 0 Å². The van der Waals surface area contributed by atoms with Gasteiger partial charge < -0.3 is 4.57 Å². The molecule has 0 saturated heterocycles. The first kappa shape index (κ1) is 11.4. The van der Waals surface area contributed by atoms with E-state index in [1.165, 1.54) is 17.0 Å². The lowest BCUT2D eigenvalue weighted by Gasteiger charge is -2.10. The monoisotopic (exact) mass is 278 g/mol. The summed E-state index contributed by atoms with van der Waals surface area (Å²) in [6.07, 6.45) is 4.81. The predicted octanol–water partition coefficient (Wildman–Crippen LogP) is 4.03. The minimum Gasteiger partial charge on any atom is -0.344 e. The lowest BCUT2D eigenvalue weighted by Crippen LogP contribution is -2.01. The molecule has 0 amide bonds. The molecular formula is C13H15BrN2. The number of hydrogen-bond donors (Lipinski definition) is 0. The molecule has 2 rings (SSSR count). The average molecular weight is 279 g/mol. The second-order valence-electron chi connectivity index (χ2n) is 3.87. The van der Waals surface area contributed by atoms with Crippen LogP contribution in [0.1, 0.15) is 19.0 Å².